The molecule has 0 amide bonds. The van der Waals surface area contributed by atoms with E-state index in [0.717, 1.165) is 25.5 Å². The molecule has 0 aromatic rings. The van der Waals surface area contributed by atoms with Crippen molar-refractivity contribution in [1.29, 1.82) is 0 Å². The fourth-order valence-corrected chi connectivity index (χ4v) is 2.69. The van der Waals surface area contributed by atoms with Gasteiger partial charge in [0.25, 0.3) is 0 Å². The Labute approximate surface area is 98.3 Å². The van der Waals surface area contributed by atoms with E-state index in [1.54, 1.807) is 0 Å². The molecule has 0 saturated carbocycles. The van der Waals surface area contributed by atoms with E-state index in [9.17, 15) is 0 Å². The van der Waals surface area contributed by atoms with Crippen LogP contribution in [0.2, 0.25) is 0 Å². The summed E-state index contributed by atoms with van der Waals surface area (Å²) in [6.45, 7) is 9.06. The van der Waals surface area contributed by atoms with Crippen molar-refractivity contribution in [2.24, 2.45) is 5.41 Å². The molecule has 2 nitrogen and oxygen atoms in total. The first kappa shape index (κ1) is 11.5. The van der Waals surface area contributed by atoms with Crippen LogP contribution in [-0.2, 0) is 4.74 Å². The van der Waals surface area contributed by atoms with Crippen LogP contribution < -0.4 is 0 Å². The Morgan fingerprint density at radius 2 is 2.06 bits per heavy atom. The van der Waals surface area contributed by atoms with Crippen molar-refractivity contribution in [2.75, 3.05) is 26.7 Å². The second kappa shape index (κ2) is 4.46. The lowest BCUT2D eigenvalue weighted by molar-refractivity contribution is 0.101. The highest BCUT2D eigenvalue weighted by Crippen LogP contribution is 2.46. The van der Waals surface area contributed by atoms with Crippen molar-refractivity contribution in [3.63, 3.8) is 0 Å². The van der Waals surface area contributed by atoms with Crippen molar-refractivity contribution in [1.82, 2.24) is 4.90 Å². The minimum atomic E-state index is 0.253. The first-order chi connectivity index (χ1) is 7.72. The summed E-state index contributed by atoms with van der Waals surface area (Å²) in [5, 5.41) is 0. The van der Waals surface area contributed by atoms with Gasteiger partial charge >= 0.3 is 0 Å². The molecule has 1 saturated heterocycles. The van der Waals surface area contributed by atoms with Crippen LogP contribution >= 0.6 is 0 Å². The van der Waals surface area contributed by atoms with Gasteiger partial charge in [-0.25, -0.2) is 0 Å². The second-order valence-electron chi connectivity index (χ2n) is 4.85. The number of rotatable bonds is 2. The predicted molar refractivity (Wildman–Crippen MR) is 67.2 cm³/mol. The van der Waals surface area contributed by atoms with Gasteiger partial charge in [-0.05, 0) is 46.0 Å². The summed E-state index contributed by atoms with van der Waals surface area (Å²) in [5.41, 5.74) is 1.61. The lowest BCUT2D eigenvalue weighted by atomic mass is 9.73. The van der Waals surface area contributed by atoms with Gasteiger partial charge in [0.1, 0.15) is 5.76 Å². The molecule has 0 bridgehead atoms. The van der Waals surface area contributed by atoms with E-state index in [0.29, 0.717) is 0 Å². The quantitative estimate of drug-likeness (QED) is 0.708. The van der Waals surface area contributed by atoms with Crippen LogP contribution in [0.1, 0.15) is 19.8 Å². The predicted octanol–water partition coefficient (Wildman–Crippen LogP) is 2.74. The van der Waals surface area contributed by atoms with Crippen molar-refractivity contribution in [2.45, 2.75) is 19.8 Å². The Balaban J connectivity index is 2.28. The largest absolute Gasteiger partial charge is 0.492 e. The zero-order valence-electron chi connectivity index (χ0n) is 10.3. The molecule has 2 heteroatoms. The van der Waals surface area contributed by atoms with Gasteiger partial charge < -0.3 is 9.64 Å². The van der Waals surface area contributed by atoms with E-state index in [4.69, 9.17) is 4.74 Å². The summed E-state index contributed by atoms with van der Waals surface area (Å²) < 4.78 is 5.79. The van der Waals surface area contributed by atoms with Crippen molar-refractivity contribution >= 4 is 0 Å². The summed E-state index contributed by atoms with van der Waals surface area (Å²) in [7, 11) is 2.19. The highest BCUT2D eigenvalue weighted by molar-refractivity contribution is 5.38. The summed E-state index contributed by atoms with van der Waals surface area (Å²) in [5.74, 6) is 0.989. The first-order valence-corrected chi connectivity index (χ1v) is 6.03. The van der Waals surface area contributed by atoms with E-state index in [-0.39, 0.29) is 5.41 Å². The van der Waals surface area contributed by atoms with Gasteiger partial charge in [0.05, 0.1) is 6.61 Å². The van der Waals surface area contributed by atoms with Gasteiger partial charge in [0, 0.05) is 11.0 Å². The Hall–Kier alpha value is -1.02. The Morgan fingerprint density at radius 3 is 2.62 bits per heavy atom. The van der Waals surface area contributed by atoms with Crippen LogP contribution in [0.25, 0.3) is 0 Å². The van der Waals surface area contributed by atoms with E-state index in [1.807, 2.05) is 6.08 Å². The smallest absolute Gasteiger partial charge is 0.122 e. The van der Waals surface area contributed by atoms with Gasteiger partial charge in [-0.1, -0.05) is 18.7 Å². The lowest BCUT2D eigenvalue weighted by Gasteiger charge is -2.37. The highest BCUT2D eigenvalue weighted by Gasteiger charge is 2.42. The lowest BCUT2D eigenvalue weighted by Crippen LogP contribution is -2.39. The van der Waals surface area contributed by atoms with E-state index < -0.39 is 0 Å². The maximum atomic E-state index is 5.79. The normalized spacial score (nSPS) is 25.4. The second-order valence-corrected chi connectivity index (χ2v) is 4.85. The number of likely N-dealkylation sites (tertiary alicyclic amines) is 1. The highest BCUT2D eigenvalue weighted by atomic mass is 16.5. The Bertz CT molecular complexity index is 333. The molecular weight excluding hydrogens is 198 g/mol. The molecule has 16 heavy (non-hydrogen) atoms. The van der Waals surface area contributed by atoms with Gasteiger partial charge in [-0.3, -0.25) is 0 Å². The van der Waals surface area contributed by atoms with Crippen LogP contribution in [0.15, 0.2) is 36.1 Å². The summed E-state index contributed by atoms with van der Waals surface area (Å²) >= 11 is 0. The molecule has 1 fully saturated rings. The molecule has 0 aromatic heterocycles. The van der Waals surface area contributed by atoms with Gasteiger partial charge in [-0.15, -0.1) is 0 Å². The van der Waals surface area contributed by atoms with Crippen molar-refractivity contribution in [3.8, 4) is 0 Å². The zero-order valence-corrected chi connectivity index (χ0v) is 10.3. The minimum absolute atomic E-state index is 0.253. The zero-order chi connectivity index (χ0) is 11.6. The average Bonchev–Trinajstić information content (AvgIpc) is 2.63. The van der Waals surface area contributed by atoms with Crippen LogP contribution in [0.4, 0.5) is 0 Å². The number of hydrogen-bond donors (Lipinski definition) is 0. The Morgan fingerprint density at radius 1 is 1.38 bits per heavy atom. The molecule has 2 rings (SSSR count). The van der Waals surface area contributed by atoms with Crippen LogP contribution in [0.3, 0.4) is 0 Å². The van der Waals surface area contributed by atoms with Crippen LogP contribution in [0.5, 0.6) is 0 Å². The van der Waals surface area contributed by atoms with Gasteiger partial charge in [0.15, 0.2) is 0 Å². The number of nitrogens with zero attached hydrogens (tertiary/aromatic N) is 1. The molecule has 1 spiro atoms. The minimum Gasteiger partial charge on any atom is -0.492 e. The molecule has 2 heterocycles. The molecule has 0 aliphatic carbocycles. The summed E-state index contributed by atoms with van der Waals surface area (Å²) in [6, 6.07) is 0. The topological polar surface area (TPSA) is 12.5 Å². The molecule has 0 unspecified atom stereocenters. The fraction of sp³-hybridized carbons (Fsp3) is 0.571. The first-order valence-electron chi connectivity index (χ1n) is 6.03. The van der Waals surface area contributed by atoms with E-state index in [1.165, 1.54) is 18.4 Å². The fourth-order valence-electron chi connectivity index (χ4n) is 2.69. The molecular formula is C14H21NO. The van der Waals surface area contributed by atoms with Gasteiger partial charge in [0.2, 0.25) is 0 Å². The molecule has 2 aliphatic rings. The third kappa shape index (κ3) is 1.82. The molecule has 0 radical (unpaired) electrons. The van der Waals surface area contributed by atoms with Crippen molar-refractivity contribution in [3.05, 3.63) is 36.1 Å². The van der Waals surface area contributed by atoms with E-state index in [2.05, 4.69) is 37.6 Å². The average molecular weight is 219 g/mol. The summed E-state index contributed by atoms with van der Waals surface area (Å²) in [4.78, 5) is 2.39. The third-order valence-electron chi connectivity index (χ3n) is 3.80. The maximum Gasteiger partial charge on any atom is 0.122 e. The van der Waals surface area contributed by atoms with Crippen LogP contribution in [0, 0.1) is 5.41 Å². The molecule has 0 aromatic carbocycles. The van der Waals surface area contributed by atoms with Crippen molar-refractivity contribution < 1.29 is 4.74 Å². The molecule has 0 N–H and O–H groups in total. The number of piperidine rings is 1. The van der Waals surface area contributed by atoms with E-state index >= 15 is 0 Å². The molecule has 88 valence electrons. The van der Waals surface area contributed by atoms with Gasteiger partial charge in [-0.2, -0.15) is 0 Å². The number of ether oxygens (including phenoxy) is 1. The number of allylic oxidation sites excluding steroid dienone is 3. The molecule has 2 aliphatic heterocycles. The third-order valence-corrected chi connectivity index (χ3v) is 3.80. The standard InChI is InChI=1S/C14H21NO/c1-4-6-12-13(5-2)16-11-14(12)7-9-15(3)10-8-14/h4-6H,2,7-11H2,1,3H3/b6-4-. The SMILES string of the molecule is C=CC1=C(/C=C\C)C2(CCN(C)CC2)CO1. The Kier molecular flexibility index (Phi) is 3.20. The number of hydrogen-bond acceptors (Lipinski definition) is 2. The summed E-state index contributed by atoms with van der Waals surface area (Å²) in [6.07, 6.45) is 8.55. The van der Waals surface area contributed by atoms with Crippen LogP contribution in [-0.4, -0.2) is 31.6 Å². The maximum absolute atomic E-state index is 5.79. The monoisotopic (exact) mass is 219 g/mol. The molecule has 0 atom stereocenters.